The number of hydrogen-bond acceptors (Lipinski definition) is 5. The Bertz CT molecular complexity index is 499. The van der Waals surface area contributed by atoms with Crippen LogP contribution in [0.3, 0.4) is 0 Å². The largest absolute Gasteiger partial charge is 0.490 e. The molecule has 1 rings (SSSR count). The molecule has 6 heteroatoms. The van der Waals surface area contributed by atoms with Crippen molar-refractivity contribution in [2.24, 2.45) is 0 Å². The fourth-order valence-electron chi connectivity index (χ4n) is 1.70. The maximum Gasteiger partial charge on any atom is 0.315 e. The van der Waals surface area contributed by atoms with Crippen LogP contribution in [0.1, 0.15) is 44.0 Å². The number of nitro benzene ring substituents is 1. The first-order chi connectivity index (χ1) is 9.54. The average molecular weight is 281 g/mol. The van der Waals surface area contributed by atoms with E-state index in [0.717, 1.165) is 6.42 Å². The van der Waals surface area contributed by atoms with Gasteiger partial charge in [0.2, 0.25) is 5.75 Å². The molecule has 0 aliphatic heterocycles. The molecule has 0 unspecified atom stereocenters. The van der Waals surface area contributed by atoms with Gasteiger partial charge in [-0.2, -0.15) is 0 Å². The Hall–Kier alpha value is -2.11. The standard InChI is InChI=1S/C14H19NO5/c1-4-7-20-14-11(15(17)18)8-10(12(16)5-2)9-13(14)19-6-3/h8-9H,4-7H2,1-3H3. The maximum absolute atomic E-state index is 11.8. The highest BCUT2D eigenvalue weighted by Crippen LogP contribution is 2.39. The normalized spacial score (nSPS) is 10.2. The fourth-order valence-corrected chi connectivity index (χ4v) is 1.70. The van der Waals surface area contributed by atoms with Crippen LogP contribution in [0.15, 0.2) is 12.1 Å². The Morgan fingerprint density at radius 2 is 1.95 bits per heavy atom. The first-order valence-electron chi connectivity index (χ1n) is 6.66. The zero-order valence-electron chi connectivity index (χ0n) is 12.0. The molecule has 6 nitrogen and oxygen atoms in total. The van der Waals surface area contributed by atoms with Crippen LogP contribution in [0.4, 0.5) is 5.69 Å². The first kappa shape index (κ1) is 15.9. The smallest absolute Gasteiger partial charge is 0.315 e. The summed E-state index contributed by atoms with van der Waals surface area (Å²) in [5.74, 6) is 0.161. The number of nitro groups is 1. The van der Waals surface area contributed by atoms with Gasteiger partial charge in [-0.15, -0.1) is 0 Å². The van der Waals surface area contributed by atoms with Gasteiger partial charge in [0.1, 0.15) is 0 Å². The van der Waals surface area contributed by atoms with Crippen molar-refractivity contribution in [2.75, 3.05) is 13.2 Å². The summed E-state index contributed by atoms with van der Waals surface area (Å²) in [4.78, 5) is 22.4. The van der Waals surface area contributed by atoms with Crippen molar-refractivity contribution in [3.05, 3.63) is 27.8 Å². The van der Waals surface area contributed by atoms with Gasteiger partial charge in [0.05, 0.1) is 18.1 Å². The summed E-state index contributed by atoms with van der Waals surface area (Å²) < 4.78 is 10.8. The molecule has 0 atom stereocenters. The Balaban J connectivity index is 3.37. The molecule has 0 aromatic heterocycles. The van der Waals surface area contributed by atoms with Gasteiger partial charge in [-0.25, -0.2) is 0 Å². The van der Waals surface area contributed by atoms with Crippen molar-refractivity contribution in [1.29, 1.82) is 0 Å². The lowest BCUT2D eigenvalue weighted by molar-refractivity contribution is -0.386. The summed E-state index contributed by atoms with van der Waals surface area (Å²) in [6.07, 6.45) is 0.996. The van der Waals surface area contributed by atoms with Crippen LogP contribution in [0.2, 0.25) is 0 Å². The zero-order valence-corrected chi connectivity index (χ0v) is 12.0. The lowest BCUT2D eigenvalue weighted by Crippen LogP contribution is -2.06. The molecule has 0 aliphatic rings. The molecule has 0 spiro atoms. The van der Waals surface area contributed by atoms with Gasteiger partial charge in [-0.3, -0.25) is 14.9 Å². The number of ketones is 1. The second-order valence-electron chi connectivity index (χ2n) is 4.14. The molecule has 0 amide bonds. The summed E-state index contributed by atoms with van der Waals surface area (Å²) >= 11 is 0. The van der Waals surface area contributed by atoms with E-state index >= 15 is 0 Å². The number of ether oxygens (including phenoxy) is 2. The molecule has 110 valence electrons. The van der Waals surface area contributed by atoms with Crippen molar-refractivity contribution in [2.45, 2.75) is 33.6 Å². The van der Waals surface area contributed by atoms with Gasteiger partial charge in [0, 0.05) is 18.1 Å². The van der Waals surface area contributed by atoms with Gasteiger partial charge in [-0.1, -0.05) is 13.8 Å². The number of rotatable bonds is 8. The molecular formula is C14H19NO5. The minimum atomic E-state index is -0.556. The number of carbonyl (C=O) groups is 1. The Kier molecular flexibility index (Phi) is 5.96. The molecule has 0 saturated carbocycles. The predicted molar refractivity (Wildman–Crippen MR) is 74.7 cm³/mol. The summed E-state index contributed by atoms with van der Waals surface area (Å²) in [5, 5.41) is 11.2. The Labute approximate surface area is 117 Å². The third-order valence-electron chi connectivity index (χ3n) is 2.63. The second kappa shape index (κ2) is 7.47. The van der Waals surface area contributed by atoms with Crippen LogP contribution in [-0.4, -0.2) is 23.9 Å². The van der Waals surface area contributed by atoms with Crippen molar-refractivity contribution in [3.8, 4) is 11.5 Å². The Morgan fingerprint density at radius 3 is 2.45 bits per heavy atom. The monoisotopic (exact) mass is 281 g/mol. The van der Waals surface area contributed by atoms with E-state index in [1.54, 1.807) is 13.8 Å². The van der Waals surface area contributed by atoms with E-state index in [1.165, 1.54) is 12.1 Å². The quantitative estimate of drug-likeness (QED) is 0.414. The first-order valence-corrected chi connectivity index (χ1v) is 6.66. The summed E-state index contributed by atoms with van der Waals surface area (Å²) in [6, 6.07) is 2.76. The molecular weight excluding hydrogens is 262 g/mol. The lowest BCUT2D eigenvalue weighted by Gasteiger charge is -2.13. The van der Waals surface area contributed by atoms with E-state index in [0.29, 0.717) is 13.2 Å². The van der Waals surface area contributed by atoms with E-state index < -0.39 is 4.92 Å². The molecule has 0 heterocycles. The molecule has 0 fully saturated rings. The van der Waals surface area contributed by atoms with Crippen LogP contribution < -0.4 is 9.47 Å². The van der Waals surface area contributed by atoms with E-state index in [-0.39, 0.29) is 35.0 Å². The summed E-state index contributed by atoms with van der Waals surface area (Å²) in [7, 11) is 0. The SMILES string of the molecule is CCCOc1c(OCC)cc(C(=O)CC)cc1[N+](=O)[O-]. The molecule has 0 saturated heterocycles. The maximum atomic E-state index is 11.8. The van der Waals surface area contributed by atoms with E-state index in [4.69, 9.17) is 9.47 Å². The van der Waals surface area contributed by atoms with Gasteiger partial charge >= 0.3 is 5.69 Å². The van der Waals surface area contributed by atoms with E-state index in [9.17, 15) is 14.9 Å². The highest BCUT2D eigenvalue weighted by atomic mass is 16.6. The van der Waals surface area contributed by atoms with Crippen molar-refractivity contribution >= 4 is 11.5 Å². The molecule has 0 N–H and O–H groups in total. The summed E-state index contributed by atoms with van der Waals surface area (Å²) in [5.41, 5.74) is 0.0349. The second-order valence-corrected chi connectivity index (χ2v) is 4.14. The van der Waals surface area contributed by atoms with Gasteiger partial charge in [0.15, 0.2) is 11.5 Å². The lowest BCUT2D eigenvalue weighted by atomic mass is 10.1. The van der Waals surface area contributed by atoms with E-state index in [1.807, 2.05) is 6.92 Å². The number of carbonyl (C=O) groups excluding carboxylic acids is 1. The zero-order chi connectivity index (χ0) is 15.1. The number of benzene rings is 1. The van der Waals surface area contributed by atoms with Crippen molar-refractivity contribution in [1.82, 2.24) is 0 Å². The molecule has 0 radical (unpaired) electrons. The fraction of sp³-hybridized carbons (Fsp3) is 0.500. The predicted octanol–water partition coefficient (Wildman–Crippen LogP) is 3.38. The Morgan fingerprint density at radius 1 is 1.25 bits per heavy atom. The van der Waals surface area contributed by atoms with Crippen LogP contribution >= 0.6 is 0 Å². The third-order valence-corrected chi connectivity index (χ3v) is 2.63. The third kappa shape index (κ3) is 3.69. The van der Waals surface area contributed by atoms with Crippen LogP contribution in [0.25, 0.3) is 0 Å². The molecule has 1 aromatic rings. The number of Topliss-reactive ketones (excluding diaryl/α,β-unsaturated/α-hetero) is 1. The highest BCUT2D eigenvalue weighted by molar-refractivity contribution is 5.97. The average Bonchev–Trinajstić information content (AvgIpc) is 2.44. The summed E-state index contributed by atoms with van der Waals surface area (Å²) in [6.45, 7) is 6.06. The molecule has 0 aliphatic carbocycles. The molecule has 20 heavy (non-hydrogen) atoms. The number of hydrogen-bond donors (Lipinski definition) is 0. The highest BCUT2D eigenvalue weighted by Gasteiger charge is 2.24. The number of nitrogens with zero attached hydrogens (tertiary/aromatic N) is 1. The van der Waals surface area contributed by atoms with Crippen LogP contribution in [-0.2, 0) is 0 Å². The van der Waals surface area contributed by atoms with Crippen molar-refractivity contribution < 1.29 is 19.2 Å². The molecule has 0 bridgehead atoms. The molecule has 1 aromatic carbocycles. The van der Waals surface area contributed by atoms with Crippen LogP contribution in [0.5, 0.6) is 11.5 Å². The van der Waals surface area contributed by atoms with Gasteiger partial charge in [-0.05, 0) is 19.4 Å². The minimum Gasteiger partial charge on any atom is -0.490 e. The van der Waals surface area contributed by atoms with Crippen LogP contribution in [0, 0.1) is 10.1 Å². The van der Waals surface area contributed by atoms with Gasteiger partial charge in [0.25, 0.3) is 0 Å². The van der Waals surface area contributed by atoms with Gasteiger partial charge < -0.3 is 9.47 Å². The van der Waals surface area contributed by atoms with E-state index in [2.05, 4.69) is 0 Å². The minimum absolute atomic E-state index is 0.0892. The topological polar surface area (TPSA) is 78.7 Å². The van der Waals surface area contributed by atoms with Crippen molar-refractivity contribution in [3.63, 3.8) is 0 Å².